The Bertz CT molecular complexity index is 1130. The Morgan fingerprint density at radius 1 is 1.32 bits per heavy atom. The van der Waals surface area contributed by atoms with E-state index in [1.807, 2.05) is 22.1 Å². The predicted molar refractivity (Wildman–Crippen MR) is 115 cm³/mol. The van der Waals surface area contributed by atoms with Gasteiger partial charge in [-0.3, -0.25) is 14.3 Å². The van der Waals surface area contributed by atoms with Crippen LogP contribution in [0.15, 0.2) is 54.3 Å². The van der Waals surface area contributed by atoms with Gasteiger partial charge in [-0.15, -0.1) is 11.3 Å². The summed E-state index contributed by atoms with van der Waals surface area (Å²) in [5.41, 5.74) is 2.77. The molecule has 0 aliphatic heterocycles. The number of benzene rings is 1. The lowest BCUT2D eigenvalue weighted by Crippen LogP contribution is -2.12. The number of anilines is 1. The van der Waals surface area contributed by atoms with Gasteiger partial charge in [0.15, 0.2) is 5.13 Å². The second-order valence-electron chi connectivity index (χ2n) is 6.99. The van der Waals surface area contributed by atoms with Crippen molar-refractivity contribution in [1.29, 1.82) is 0 Å². The Morgan fingerprint density at radius 3 is 2.93 bits per heavy atom. The zero-order valence-corrected chi connectivity index (χ0v) is 17.1. The summed E-state index contributed by atoms with van der Waals surface area (Å²) < 4.78 is 2.04. The van der Waals surface area contributed by atoms with E-state index in [4.69, 9.17) is 11.6 Å². The van der Waals surface area contributed by atoms with Gasteiger partial charge in [-0.05, 0) is 42.2 Å². The van der Waals surface area contributed by atoms with Crippen LogP contribution < -0.4 is 5.32 Å². The molecular weight excluding hydrogens is 392 g/mol. The Morgan fingerprint density at radius 2 is 2.18 bits per heavy atom. The summed E-state index contributed by atoms with van der Waals surface area (Å²) in [6, 6.07) is 9.38. The van der Waals surface area contributed by atoms with Gasteiger partial charge >= 0.3 is 0 Å². The lowest BCUT2D eigenvalue weighted by Gasteiger charge is -2.02. The number of halogens is 1. The van der Waals surface area contributed by atoms with Crippen molar-refractivity contribution >= 4 is 45.6 Å². The average Bonchev–Trinajstić information content (AvgIpc) is 3.26. The van der Waals surface area contributed by atoms with E-state index < -0.39 is 0 Å². The number of hydrogen-bond donors (Lipinski definition) is 1. The quantitative estimate of drug-likeness (QED) is 0.466. The molecule has 1 amide bonds. The van der Waals surface area contributed by atoms with Gasteiger partial charge in [0.1, 0.15) is 5.82 Å². The smallest absolute Gasteiger partial charge is 0.258 e. The Kier molecular flexibility index (Phi) is 5.15. The highest BCUT2D eigenvalue weighted by atomic mass is 35.5. The van der Waals surface area contributed by atoms with Crippen molar-refractivity contribution in [2.24, 2.45) is 5.92 Å². The molecule has 4 rings (SSSR count). The van der Waals surface area contributed by atoms with E-state index >= 15 is 0 Å². The van der Waals surface area contributed by atoms with Crippen LogP contribution in [0.4, 0.5) is 5.82 Å². The molecule has 0 unspecified atom stereocenters. The summed E-state index contributed by atoms with van der Waals surface area (Å²) in [5, 5.41) is 7.30. The third-order valence-electron chi connectivity index (χ3n) is 4.34. The molecule has 0 fully saturated rings. The molecule has 0 radical (unpaired) electrons. The highest BCUT2D eigenvalue weighted by molar-refractivity contribution is 7.12. The summed E-state index contributed by atoms with van der Waals surface area (Å²) >= 11 is 7.71. The third-order valence-corrected chi connectivity index (χ3v) is 5.42. The molecule has 1 aromatic carbocycles. The molecule has 4 aromatic rings. The van der Waals surface area contributed by atoms with E-state index in [-0.39, 0.29) is 5.91 Å². The maximum Gasteiger partial charge on any atom is 0.258 e. The van der Waals surface area contributed by atoms with Crippen LogP contribution in [-0.2, 0) is 6.42 Å². The highest BCUT2D eigenvalue weighted by Gasteiger charge is 2.15. The molecule has 5 nitrogen and oxygen atoms in total. The molecule has 28 heavy (non-hydrogen) atoms. The van der Waals surface area contributed by atoms with Crippen LogP contribution in [-0.4, -0.2) is 20.4 Å². The summed E-state index contributed by atoms with van der Waals surface area (Å²) in [6.45, 7) is 4.41. The molecular formula is C21H19ClN4OS. The minimum Gasteiger partial charge on any atom is -0.306 e. The minimum absolute atomic E-state index is 0.231. The molecule has 0 atom stereocenters. The molecule has 0 aliphatic rings. The molecule has 0 bridgehead atoms. The first-order chi connectivity index (χ1) is 13.5. The molecule has 3 aromatic heterocycles. The first-order valence-electron chi connectivity index (χ1n) is 8.98. The lowest BCUT2D eigenvalue weighted by molar-refractivity contribution is 0.102. The molecule has 0 spiro atoms. The highest BCUT2D eigenvalue weighted by Crippen LogP contribution is 2.31. The number of thiazole rings is 1. The fourth-order valence-electron chi connectivity index (χ4n) is 3.15. The van der Waals surface area contributed by atoms with Gasteiger partial charge in [0, 0.05) is 34.4 Å². The molecule has 0 saturated carbocycles. The van der Waals surface area contributed by atoms with E-state index in [1.54, 1.807) is 18.3 Å². The number of amides is 1. The Labute approximate surface area is 172 Å². The fourth-order valence-corrected chi connectivity index (χ4v) is 4.06. The van der Waals surface area contributed by atoms with Gasteiger partial charge in [-0.25, -0.2) is 4.98 Å². The Balaban J connectivity index is 1.67. The first-order valence-corrected chi connectivity index (χ1v) is 10.2. The van der Waals surface area contributed by atoms with E-state index in [0.717, 1.165) is 17.1 Å². The largest absolute Gasteiger partial charge is 0.306 e. The van der Waals surface area contributed by atoms with E-state index in [0.29, 0.717) is 22.3 Å². The lowest BCUT2D eigenvalue weighted by atomic mass is 10.0. The van der Waals surface area contributed by atoms with Crippen LogP contribution in [0.1, 0.15) is 29.8 Å². The van der Waals surface area contributed by atoms with Crippen molar-refractivity contribution in [3.63, 3.8) is 0 Å². The van der Waals surface area contributed by atoms with Crippen LogP contribution in [0.25, 0.3) is 16.0 Å². The van der Waals surface area contributed by atoms with Gasteiger partial charge in [0.2, 0.25) is 0 Å². The molecule has 1 N–H and O–H groups in total. The SMILES string of the molecule is CC(C)Cc1cn(-c2nc(NC(=O)c3cccnc3)cs2)c2cc(Cl)ccc12. The van der Waals surface area contributed by atoms with Gasteiger partial charge in [0.05, 0.1) is 11.1 Å². The van der Waals surface area contributed by atoms with Gasteiger partial charge in [0.25, 0.3) is 5.91 Å². The van der Waals surface area contributed by atoms with Gasteiger partial charge in [-0.2, -0.15) is 0 Å². The van der Waals surface area contributed by atoms with Gasteiger partial charge < -0.3 is 5.32 Å². The fraction of sp³-hybridized carbons (Fsp3) is 0.190. The van der Waals surface area contributed by atoms with Crippen LogP contribution in [0.2, 0.25) is 5.02 Å². The minimum atomic E-state index is -0.231. The topological polar surface area (TPSA) is 59.8 Å². The maximum absolute atomic E-state index is 12.3. The standard InChI is InChI=1S/C21H19ClN4OS/c1-13(2)8-15-11-26(18-9-16(22)5-6-17(15)18)21-25-19(12-28-21)24-20(27)14-4-3-7-23-10-14/h3-7,9-13H,8H2,1-2H3,(H,24,27). The van der Waals surface area contributed by atoms with Crippen molar-refractivity contribution in [1.82, 2.24) is 14.5 Å². The molecule has 142 valence electrons. The molecule has 0 aliphatic carbocycles. The zero-order valence-electron chi connectivity index (χ0n) is 15.5. The number of carbonyl (C=O) groups is 1. The number of hydrogen-bond acceptors (Lipinski definition) is 4. The number of pyridine rings is 1. The summed E-state index contributed by atoms with van der Waals surface area (Å²) in [7, 11) is 0. The normalized spacial score (nSPS) is 11.3. The Hall–Kier alpha value is -2.70. The molecule has 3 heterocycles. The summed E-state index contributed by atoms with van der Waals surface area (Å²) in [5.74, 6) is 0.828. The van der Waals surface area contributed by atoms with Crippen LogP contribution >= 0.6 is 22.9 Å². The maximum atomic E-state index is 12.3. The van der Waals surface area contributed by atoms with Crippen molar-refractivity contribution in [3.8, 4) is 5.13 Å². The number of fused-ring (bicyclic) bond motifs is 1. The van der Waals surface area contributed by atoms with Crippen LogP contribution in [0, 0.1) is 5.92 Å². The number of nitrogens with zero attached hydrogens (tertiary/aromatic N) is 3. The molecule has 0 saturated heterocycles. The zero-order chi connectivity index (χ0) is 19.7. The molecule has 7 heteroatoms. The average molecular weight is 411 g/mol. The van der Waals surface area contributed by atoms with Crippen molar-refractivity contribution < 1.29 is 4.79 Å². The second-order valence-corrected chi connectivity index (χ2v) is 8.27. The number of nitrogens with one attached hydrogen (secondary N) is 1. The third kappa shape index (κ3) is 3.79. The summed E-state index contributed by atoms with van der Waals surface area (Å²) in [4.78, 5) is 20.9. The monoisotopic (exact) mass is 410 g/mol. The van der Waals surface area contributed by atoms with Crippen molar-refractivity contribution in [2.45, 2.75) is 20.3 Å². The van der Waals surface area contributed by atoms with Crippen LogP contribution in [0.3, 0.4) is 0 Å². The van der Waals surface area contributed by atoms with E-state index in [1.165, 1.54) is 28.5 Å². The number of aromatic nitrogens is 3. The van der Waals surface area contributed by atoms with Crippen molar-refractivity contribution in [3.05, 3.63) is 70.5 Å². The first kappa shape index (κ1) is 18.7. The van der Waals surface area contributed by atoms with E-state index in [2.05, 4.69) is 41.4 Å². The number of rotatable bonds is 5. The number of carbonyl (C=O) groups excluding carboxylic acids is 1. The second kappa shape index (κ2) is 7.73. The van der Waals surface area contributed by atoms with Gasteiger partial charge in [-0.1, -0.05) is 31.5 Å². The van der Waals surface area contributed by atoms with Crippen LogP contribution in [0.5, 0.6) is 0 Å². The summed E-state index contributed by atoms with van der Waals surface area (Å²) in [6.07, 6.45) is 6.25. The van der Waals surface area contributed by atoms with E-state index in [9.17, 15) is 4.79 Å². The predicted octanol–water partition coefficient (Wildman–Crippen LogP) is 5.59. The van der Waals surface area contributed by atoms with Crippen molar-refractivity contribution in [2.75, 3.05) is 5.32 Å².